The van der Waals surface area contributed by atoms with Gasteiger partial charge in [0.25, 0.3) is 5.91 Å². The lowest BCUT2D eigenvalue weighted by molar-refractivity contribution is 0.0951. The summed E-state index contributed by atoms with van der Waals surface area (Å²) in [7, 11) is 0. The molecule has 2 heterocycles. The summed E-state index contributed by atoms with van der Waals surface area (Å²) < 4.78 is 1.62. The monoisotopic (exact) mass is 275 g/mol. The smallest absolute Gasteiger partial charge is 0.254 e. The van der Waals surface area contributed by atoms with E-state index >= 15 is 0 Å². The number of carbonyl (C=O) groups is 1. The number of nitrogens with zero attached hydrogens (tertiary/aromatic N) is 3. The Balaban J connectivity index is 1.94. The Morgan fingerprint density at radius 2 is 2.25 bits per heavy atom. The first-order valence-electron chi connectivity index (χ1n) is 6.74. The maximum Gasteiger partial charge on any atom is 0.254 e. The van der Waals surface area contributed by atoms with Crippen molar-refractivity contribution in [3.05, 3.63) is 29.7 Å². The normalized spacial score (nSPS) is 11.8. The van der Waals surface area contributed by atoms with Crippen molar-refractivity contribution in [3.63, 3.8) is 0 Å². The fraction of sp³-hybridized carbons (Fsp3) is 0.500. The van der Waals surface area contributed by atoms with Gasteiger partial charge in [0.1, 0.15) is 0 Å². The van der Waals surface area contributed by atoms with E-state index in [2.05, 4.69) is 15.4 Å². The van der Waals surface area contributed by atoms with E-state index in [0.717, 1.165) is 24.2 Å². The molecule has 2 rings (SSSR count). The molecule has 1 amide bonds. The Hall–Kier alpha value is -1.95. The number of carbonyl (C=O) groups excluding carboxylic acids is 1. The average Bonchev–Trinajstić information content (AvgIpc) is 2.72. The molecule has 3 N–H and O–H groups in total. The topological polar surface area (TPSA) is 85.3 Å². The molecule has 2 aromatic rings. The van der Waals surface area contributed by atoms with Crippen LogP contribution < -0.4 is 11.1 Å². The minimum absolute atomic E-state index is 0.137. The quantitative estimate of drug-likeness (QED) is 0.805. The molecule has 0 atom stereocenters. The maximum atomic E-state index is 12.0. The van der Waals surface area contributed by atoms with Gasteiger partial charge in [-0.1, -0.05) is 0 Å². The number of nitrogens with one attached hydrogen (secondary N) is 1. The first kappa shape index (κ1) is 14.5. The van der Waals surface area contributed by atoms with Crippen LogP contribution in [0.5, 0.6) is 0 Å². The van der Waals surface area contributed by atoms with Gasteiger partial charge in [-0.05, 0) is 33.6 Å². The minimum atomic E-state index is -0.197. The average molecular weight is 275 g/mol. The van der Waals surface area contributed by atoms with Crippen LogP contribution in [-0.4, -0.2) is 32.6 Å². The molecule has 0 radical (unpaired) electrons. The van der Waals surface area contributed by atoms with E-state index in [4.69, 9.17) is 5.73 Å². The second kappa shape index (κ2) is 5.58. The summed E-state index contributed by atoms with van der Waals surface area (Å²) in [5.74, 6) is -0.137. The summed E-state index contributed by atoms with van der Waals surface area (Å²) in [5, 5.41) is 7.11. The van der Waals surface area contributed by atoms with Crippen molar-refractivity contribution in [1.29, 1.82) is 0 Å². The molecule has 108 valence electrons. The Bertz CT molecular complexity index is 612. The SMILES string of the molecule is Cc1cc2ncc(C(=O)NCCCC(C)(C)N)cn2n1. The molecule has 0 fully saturated rings. The lowest BCUT2D eigenvalue weighted by Gasteiger charge is -2.17. The van der Waals surface area contributed by atoms with Crippen molar-refractivity contribution in [2.45, 2.75) is 39.2 Å². The van der Waals surface area contributed by atoms with Gasteiger partial charge in [-0.15, -0.1) is 0 Å². The zero-order valence-electron chi connectivity index (χ0n) is 12.2. The van der Waals surface area contributed by atoms with Crippen LogP contribution in [0.1, 0.15) is 42.7 Å². The van der Waals surface area contributed by atoms with Crippen LogP contribution in [0.4, 0.5) is 0 Å². The summed E-state index contributed by atoms with van der Waals surface area (Å²) in [4.78, 5) is 16.2. The highest BCUT2D eigenvalue weighted by Gasteiger charge is 2.11. The van der Waals surface area contributed by atoms with Crippen molar-refractivity contribution in [1.82, 2.24) is 19.9 Å². The third-order valence-corrected chi connectivity index (χ3v) is 2.98. The van der Waals surface area contributed by atoms with E-state index < -0.39 is 0 Å². The van der Waals surface area contributed by atoms with Crippen LogP contribution in [0.3, 0.4) is 0 Å². The summed E-state index contributed by atoms with van der Waals surface area (Å²) >= 11 is 0. The minimum Gasteiger partial charge on any atom is -0.352 e. The second-order valence-electron chi connectivity index (χ2n) is 5.78. The van der Waals surface area contributed by atoms with Gasteiger partial charge in [0.05, 0.1) is 11.3 Å². The number of aromatic nitrogens is 3. The highest BCUT2D eigenvalue weighted by molar-refractivity contribution is 5.93. The Kier molecular flexibility index (Phi) is 4.04. The van der Waals surface area contributed by atoms with Crippen molar-refractivity contribution in [3.8, 4) is 0 Å². The number of amides is 1. The molecule has 0 aliphatic heterocycles. The van der Waals surface area contributed by atoms with E-state index in [1.807, 2.05) is 26.8 Å². The number of hydrogen-bond acceptors (Lipinski definition) is 4. The highest BCUT2D eigenvalue weighted by Crippen LogP contribution is 2.07. The molecule has 0 aromatic carbocycles. The molecule has 2 aromatic heterocycles. The summed E-state index contributed by atoms with van der Waals surface area (Å²) in [6, 6.07) is 1.87. The zero-order valence-corrected chi connectivity index (χ0v) is 12.2. The third-order valence-electron chi connectivity index (χ3n) is 2.98. The Morgan fingerprint density at radius 3 is 2.95 bits per heavy atom. The summed E-state index contributed by atoms with van der Waals surface area (Å²) in [6.45, 7) is 6.46. The number of rotatable bonds is 5. The van der Waals surface area contributed by atoms with E-state index in [1.165, 1.54) is 0 Å². The van der Waals surface area contributed by atoms with Gasteiger partial charge in [-0.2, -0.15) is 5.10 Å². The van der Waals surface area contributed by atoms with Crippen LogP contribution in [0.25, 0.3) is 5.65 Å². The highest BCUT2D eigenvalue weighted by atomic mass is 16.1. The van der Waals surface area contributed by atoms with Gasteiger partial charge in [0.15, 0.2) is 5.65 Å². The zero-order chi connectivity index (χ0) is 14.8. The predicted molar refractivity (Wildman–Crippen MR) is 77.6 cm³/mol. The molecule has 6 heteroatoms. The first-order valence-corrected chi connectivity index (χ1v) is 6.74. The number of fused-ring (bicyclic) bond motifs is 1. The Labute approximate surface area is 118 Å². The van der Waals surface area contributed by atoms with Crippen molar-refractivity contribution in [2.75, 3.05) is 6.54 Å². The maximum absolute atomic E-state index is 12.0. The molecule has 0 unspecified atom stereocenters. The molecule has 0 aliphatic rings. The summed E-state index contributed by atoms with van der Waals surface area (Å²) in [6.07, 6.45) is 4.98. The predicted octanol–water partition coefficient (Wildman–Crippen LogP) is 1.29. The molecule has 0 aliphatic carbocycles. The fourth-order valence-corrected chi connectivity index (χ4v) is 1.96. The fourth-order valence-electron chi connectivity index (χ4n) is 1.96. The Morgan fingerprint density at radius 1 is 1.50 bits per heavy atom. The number of nitrogens with two attached hydrogens (primary N) is 1. The lowest BCUT2D eigenvalue weighted by atomic mass is 10.0. The standard InChI is InChI=1S/C14H21N5O/c1-10-7-12-17-8-11(9-19(12)18-10)13(20)16-6-4-5-14(2,3)15/h7-9H,4-6,15H2,1-3H3,(H,16,20). The van der Waals surface area contributed by atoms with Gasteiger partial charge in [0, 0.05) is 30.5 Å². The van der Waals surface area contributed by atoms with E-state index in [9.17, 15) is 4.79 Å². The largest absolute Gasteiger partial charge is 0.352 e. The molecule has 6 nitrogen and oxygen atoms in total. The molecule has 0 saturated carbocycles. The van der Waals surface area contributed by atoms with E-state index in [1.54, 1.807) is 16.9 Å². The van der Waals surface area contributed by atoms with Gasteiger partial charge < -0.3 is 11.1 Å². The van der Waals surface area contributed by atoms with Crippen molar-refractivity contribution >= 4 is 11.6 Å². The van der Waals surface area contributed by atoms with Crippen LogP contribution >= 0.6 is 0 Å². The molecule has 0 saturated heterocycles. The first-order chi connectivity index (χ1) is 9.35. The second-order valence-corrected chi connectivity index (χ2v) is 5.78. The van der Waals surface area contributed by atoms with E-state index in [-0.39, 0.29) is 11.4 Å². The van der Waals surface area contributed by atoms with Crippen LogP contribution in [0, 0.1) is 6.92 Å². The number of aryl methyl sites for hydroxylation is 1. The van der Waals surface area contributed by atoms with Gasteiger partial charge in [-0.3, -0.25) is 4.79 Å². The van der Waals surface area contributed by atoms with Crippen LogP contribution in [0.2, 0.25) is 0 Å². The molecular weight excluding hydrogens is 254 g/mol. The van der Waals surface area contributed by atoms with Crippen LogP contribution in [0.15, 0.2) is 18.5 Å². The molecule has 0 spiro atoms. The van der Waals surface area contributed by atoms with Crippen molar-refractivity contribution in [2.24, 2.45) is 5.73 Å². The number of hydrogen-bond donors (Lipinski definition) is 2. The van der Waals surface area contributed by atoms with Crippen LogP contribution in [-0.2, 0) is 0 Å². The molecule has 20 heavy (non-hydrogen) atoms. The van der Waals surface area contributed by atoms with Crippen molar-refractivity contribution < 1.29 is 4.79 Å². The summed E-state index contributed by atoms with van der Waals surface area (Å²) in [5.41, 5.74) is 7.82. The van der Waals surface area contributed by atoms with Gasteiger partial charge >= 0.3 is 0 Å². The molecular formula is C14H21N5O. The third kappa shape index (κ3) is 3.77. The lowest BCUT2D eigenvalue weighted by Crippen LogP contribution is -2.33. The van der Waals surface area contributed by atoms with Gasteiger partial charge in [-0.25, -0.2) is 9.50 Å². The van der Waals surface area contributed by atoms with E-state index in [0.29, 0.717) is 12.1 Å². The van der Waals surface area contributed by atoms with Gasteiger partial charge in [0.2, 0.25) is 0 Å². The molecule has 0 bridgehead atoms.